The molecule has 1 rings (SSSR count). The monoisotopic (exact) mass is 228 g/mol. The molecule has 0 bridgehead atoms. The topological polar surface area (TPSA) is 50.4 Å². The van der Waals surface area contributed by atoms with Crippen molar-refractivity contribution >= 4 is 5.91 Å². The lowest BCUT2D eigenvalue weighted by atomic mass is 10.0. The van der Waals surface area contributed by atoms with Crippen LogP contribution >= 0.6 is 0 Å². The van der Waals surface area contributed by atoms with Crippen molar-refractivity contribution in [3.8, 4) is 0 Å². The minimum absolute atomic E-state index is 0.0854. The molecule has 2 N–H and O–H groups in total. The van der Waals surface area contributed by atoms with Crippen LogP contribution in [0.4, 0.5) is 0 Å². The standard InChI is InChI=1S/C12H24N2O2/c1-5-10(8(2)3)14-12(15)11-6-9(16-4)7-13-11/h8-11,13H,5-7H2,1-4H3,(H,14,15). The number of amides is 1. The lowest BCUT2D eigenvalue weighted by molar-refractivity contribution is -0.124. The summed E-state index contributed by atoms with van der Waals surface area (Å²) in [5, 5.41) is 6.28. The Bertz CT molecular complexity index is 231. The highest BCUT2D eigenvalue weighted by Crippen LogP contribution is 2.11. The summed E-state index contributed by atoms with van der Waals surface area (Å²) in [6.07, 6.45) is 1.93. The molecule has 4 nitrogen and oxygen atoms in total. The van der Waals surface area contributed by atoms with Crippen LogP contribution in [0.3, 0.4) is 0 Å². The third-order valence-electron chi connectivity index (χ3n) is 3.31. The summed E-state index contributed by atoms with van der Waals surface area (Å²) >= 11 is 0. The highest BCUT2D eigenvalue weighted by Gasteiger charge is 2.30. The number of ether oxygens (including phenoxy) is 1. The number of nitrogens with one attached hydrogen (secondary N) is 2. The number of rotatable bonds is 5. The zero-order valence-corrected chi connectivity index (χ0v) is 10.7. The number of hydrogen-bond acceptors (Lipinski definition) is 3. The highest BCUT2D eigenvalue weighted by molar-refractivity contribution is 5.82. The number of carbonyl (C=O) groups is 1. The van der Waals surface area contributed by atoms with E-state index in [9.17, 15) is 4.79 Å². The van der Waals surface area contributed by atoms with E-state index in [0.717, 1.165) is 19.4 Å². The second-order valence-electron chi connectivity index (χ2n) is 4.82. The van der Waals surface area contributed by atoms with Crippen molar-refractivity contribution < 1.29 is 9.53 Å². The molecule has 3 unspecified atom stereocenters. The molecule has 1 amide bonds. The van der Waals surface area contributed by atoms with E-state index in [1.54, 1.807) is 7.11 Å². The van der Waals surface area contributed by atoms with Crippen molar-refractivity contribution in [1.29, 1.82) is 0 Å². The fourth-order valence-electron chi connectivity index (χ4n) is 2.11. The Kier molecular flexibility index (Phi) is 5.22. The van der Waals surface area contributed by atoms with E-state index < -0.39 is 0 Å². The Balaban J connectivity index is 2.40. The maximum Gasteiger partial charge on any atom is 0.237 e. The molecular formula is C12H24N2O2. The lowest BCUT2D eigenvalue weighted by Crippen LogP contribution is -2.46. The fourth-order valence-corrected chi connectivity index (χ4v) is 2.11. The van der Waals surface area contributed by atoms with Gasteiger partial charge in [-0.3, -0.25) is 4.79 Å². The first-order valence-electron chi connectivity index (χ1n) is 6.15. The van der Waals surface area contributed by atoms with Crippen LogP contribution in [0.1, 0.15) is 33.6 Å². The zero-order chi connectivity index (χ0) is 12.1. The van der Waals surface area contributed by atoms with Crippen molar-refractivity contribution in [3.63, 3.8) is 0 Å². The molecule has 0 spiro atoms. The maximum absolute atomic E-state index is 12.0. The van der Waals surface area contributed by atoms with Crippen LogP contribution in [-0.4, -0.2) is 37.7 Å². The smallest absolute Gasteiger partial charge is 0.237 e. The van der Waals surface area contributed by atoms with Gasteiger partial charge in [0.2, 0.25) is 5.91 Å². The van der Waals surface area contributed by atoms with Gasteiger partial charge >= 0.3 is 0 Å². The molecule has 0 aromatic carbocycles. The van der Waals surface area contributed by atoms with Crippen LogP contribution in [-0.2, 0) is 9.53 Å². The van der Waals surface area contributed by atoms with Gasteiger partial charge in [-0.2, -0.15) is 0 Å². The molecule has 0 radical (unpaired) electrons. The Morgan fingerprint density at radius 2 is 2.25 bits per heavy atom. The summed E-state index contributed by atoms with van der Waals surface area (Å²) in [6.45, 7) is 7.14. The summed E-state index contributed by atoms with van der Waals surface area (Å²) in [6, 6.07) is 0.189. The third kappa shape index (κ3) is 3.46. The van der Waals surface area contributed by atoms with Gasteiger partial charge in [0.15, 0.2) is 0 Å². The number of hydrogen-bond donors (Lipinski definition) is 2. The van der Waals surface area contributed by atoms with E-state index in [-0.39, 0.29) is 24.1 Å². The molecule has 1 aliphatic rings. The van der Waals surface area contributed by atoms with Crippen molar-refractivity contribution in [1.82, 2.24) is 10.6 Å². The third-order valence-corrected chi connectivity index (χ3v) is 3.31. The van der Waals surface area contributed by atoms with Crippen LogP contribution in [0.5, 0.6) is 0 Å². The van der Waals surface area contributed by atoms with Gasteiger partial charge < -0.3 is 15.4 Å². The van der Waals surface area contributed by atoms with E-state index in [0.29, 0.717) is 5.92 Å². The average Bonchev–Trinajstić information content (AvgIpc) is 2.73. The van der Waals surface area contributed by atoms with Crippen LogP contribution in [0.25, 0.3) is 0 Å². The maximum atomic E-state index is 12.0. The lowest BCUT2D eigenvalue weighted by Gasteiger charge is -2.22. The van der Waals surface area contributed by atoms with Gasteiger partial charge in [0.1, 0.15) is 0 Å². The normalized spacial score (nSPS) is 27.1. The van der Waals surface area contributed by atoms with E-state index in [1.807, 2.05) is 0 Å². The van der Waals surface area contributed by atoms with Gasteiger partial charge in [0.25, 0.3) is 0 Å². The van der Waals surface area contributed by atoms with Crippen molar-refractivity contribution in [2.24, 2.45) is 5.92 Å². The molecule has 16 heavy (non-hydrogen) atoms. The zero-order valence-electron chi connectivity index (χ0n) is 10.7. The van der Waals surface area contributed by atoms with Gasteiger partial charge in [0, 0.05) is 19.7 Å². The Morgan fingerprint density at radius 3 is 2.69 bits per heavy atom. The molecule has 1 heterocycles. The predicted octanol–water partition coefficient (Wildman–Crippen LogP) is 0.914. The molecule has 4 heteroatoms. The summed E-state index contributed by atoms with van der Waals surface area (Å²) in [7, 11) is 1.69. The summed E-state index contributed by atoms with van der Waals surface area (Å²) in [5.41, 5.74) is 0. The molecule has 1 aliphatic heterocycles. The summed E-state index contributed by atoms with van der Waals surface area (Å²) < 4.78 is 5.23. The Morgan fingerprint density at radius 1 is 1.56 bits per heavy atom. The summed E-state index contributed by atoms with van der Waals surface area (Å²) in [5.74, 6) is 0.591. The first-order valence-corrected chi connectivity index (χ1v) is 6.15. The van der Waals surface area contributed by atoms with E-state index in [1.165, 1.54) is 0 Å². The second-order valence-corrected chi connectivity index (χ2v) is 4.82. The van der Waals surface area contributed by atoms with Crippen LogP contribution < -0.4 is 10.6 Å². The van der Waals surface area contributed by atoms with Gasteiger partial charge in [-0.25, -0.2) is 0 Å². The van der Waals surface area contributed by atoms with Crippen molar-refractivity contribution in [3.05, 3.63) is 0 Å². The fraction of sp³-hybridized carbons (Fsp3) is 0.917. The molecule has 0 aliphatic carbocycles. The van der Waals surface area contributed by atoms with Gasteiger partial charge in [0.05, 0.1) is 12.1 Å². The molecule has 3 atom stereocenters. The average molecular weight is 228 g/mol. The summed E-state index contributed by atoms with van der Waals surface area (Å²) in [4.78, 5) is 12.0. The van der Waals surface area contributed by atoms with Crippen LogP contribution in [0.2, 0.25) is 0 Å². The van der Waals surface area contributed by atoms with Gasteiger partial charge in [-0.15, -0.1) is 0 Å². The molecule has 0 aromatic rings. The number of methoxy groups -OCH3 is 1. The molecule has 1 fully saturated rings. The van der Waals surface area contributed by atoms with Crippen molar-refractivity contribution in [2.75, 3.05) is 13.7 Å². The Labute approximate surface area is 98.1 Å². The minimum atomic E-state index is -0.0854. The molecule has 0 saturated carbocycles. The first kappa shape index (κ1) is 13.5. The van der Waals surface area contributed by atoms with Crippen LogP contribution in [0.15, 0.2) is 0 Å². The number of carbonyl (C=O) groups excluding carboxylic acids is 1. The van der Waals surface area contributed by atoms with E-state index in [4.69, 9.17) is 4.74 Å². The molecule has 0 aromatic heterocycles. The van der Waals surface area contributed by atoms with E-state index in [2.05, 4.69) is 31.4 Å². The van der Waals surface area contributed by atoms with Gasteiger partial charge in [-0.1, -0.05) is 20.8 Å². The second kappa shape index (κ2) is 6.21. The first-order chi connectivity index (χ1) is 7.58. The minimum Gasteiger partial charge on any atom is -0.380 e. The molecule has 1 saturated heterocycles. The molecular weight excluding hydrogens is 204 g/mol. The quantitative estimate of drug-likeness (QED) is 0.735. The van der Waals surface area contributed by atoms with E-state index >= 15 is 0 Å². The Hall–Kier alpha value is -0.610. The van der Waals surface area contributed by atoms with Crippen LogP contribution in [0, 0.1) is 5.92 Å². The highest BCUT2D eigenvalue weighted by atomic mass is 16.5. The molecule has 94 valence electrons. The van der Waals surface area contributed by atoms with Gasteiger partial charge in [-0.05, 0) is 18.8 Å². The SMILES string of the molecule is CCC(NC(=O)C1CC(OC)CN1)C(C)C. The van der Waals surface area contributed by atoms with Crippen molar-refractivity contribution in [2.45, 2.75) is 51.8 Å². The largest absolute Gasteiger partial charge is 0.380 e. The predicted molar refractivity (Wildman–Crippen MR) is 64.3 cm³/mol.